The third-order valence-corrected chi connectivity index (χ3v) is 4.40. The van der Waals surface area contributed by atoms with E-state index >= 15 is 0 Å². The summed E-state index contributed by atoms with van der Waals surface area (Å²) in [7, 11) is 0. The van der Waals surface area contributed by atoms with Crippen molar-refractivity contribution in [2.45, 2.75) is 0 Å². The lowest BCUT2D eigenvalue weighted by atomic mass is 10.0. The van der Waals surface area contributed by atoms with Crippen LogP contribution in [-0.4, -0.2) is 11.6 Å². The highest BCUT2D eigenvalue weighted by atomic mass is 16.6. The molecule has 0 saturated heterocycles. The van der Waals surface area contributed by atoms with Gasteiger partial charge in [-0.3, -0.25) is 10.1 Å². The van der Waals surface area contributed by atoms with Crippen LogP contribution in [0, 0.1) is 10.1 Å². The summed E-state index contributed by atoms with van der Waals surface area (Å²) >= 11 is 0. The highest BCUT2D eigenvalue weighted by Crippen LogP contribution is 2.35. The van der Waals surface area contributed by atoms with Gasteiger partial charge in [-0.05, 0) is 17.7 Å². The summed E-state index contributed by atoms with van der Waals surface area (Å²) < 4.78 is 0. The lowest BCUT2D eigenvalue weighted by molar-refractivity contribution is -0.384. The highest BCUT2D eigenvalue weighted by Gasteiger charge is 2.25. The zero-order valence-corrected chi connectivity index (χ0v) is 14.0. The van der Waals surface area contributed by atoms with Gasteiger partial charge >= 0.3 is 0 Å². The summed E-state index contributed by atoms with van der Waals surface area (Å²) in [5.74, 6) is 0. The number of hydrogen-bond donors (Lipinski definition) is 1. The van der Waals surface area contributed by atoms with Crippen molar-refractivity contribution in [1.29, 1.82) is 0 Å². The van der Waals surface area contributed by atoms with E-state index in [4.69, 9.17) is 0 Å². The highest BCUT2D eigenvalue weighted by molar-refractivity contribution is 5.99. The molecule has 0 amide bonds. The lowest BCUT2D eigenvalue weighted by Gasteiger charge is -2.21. The molecule has 26 heavy (non-hydrogen) atoms. The number of nitro groups is 1. The summed E-state index contributed by atoms with van der Waals surface area (Å²) in [5, 5.41) is 14.4. The Hall–Kier alpha value is -3.60. The first kappa shape index (κ1) is 15.9. The van der Waals surface area contributed by atoms with Gasteiger partial charge in [0, 0.05) is 23.4 Å². The largest absolute Gasteiger partial charge is 0.365 e. The van der Waals surface area contributed by atoms with E-state index < -0.39 is 0 Å². The van der Waals surface area contributed by atoms with Crippen LogP contribution in [-0.2, 0) is 0 Å². The molecule has 1 aliphatic heterocycles. The second-order valence-electron chi connectivity index (χ2n) is 5.99. The summed E-state index contributed by atoms with van der Waals surface area (Å²) in [6, 6.07) is 27.0. The number of benzene rings is 3. The monoisotopic (exact) mass is 343 g/mol. The average molecular weight is 343 g/mol. The number of rotatable bonds is 4. The van der Waals surface area contributed by atoms with Crippen LogP contribution in [0.5, 0.6) is 0 Å². The van der Waals surface area contributed by atoms with Gasteiger partial charge in [-0.2, -0.15) is 0 Å². The van der Waals surface area contributed by atoms with Crippen molar-refractivity contribution in [3.05, 3.63) is 106 Å². The van der Waals surface area contributed by atoms with Crippen molar-refractivity contribution < 1.29 is 4.92 Å². The number of nitrogens with one attached hydrogen (secondary N) is 1. The second kappa shape index (κ2) is 6.72. The van der Waals surface area contributed by atoms with Crippen molar-refractivity contribution in [3.63, 3.8) is 0 Å². The molecule has 4 rings (SSSR count). The second-order valence-corrected chi connectivity index (χ2v) is 5.99. The number of non-ortho nitro benzene ring substituents is 1. The van der Waals surface area contributed by atoms with E-state index in [2.05, 4.69) is 34.5 Å². The minimum absolute atomic E-state index is 0.0921. The minimum Gasteiger partial charge on any atom is -0.365 e. The average Bonchev–Trinajstić information content (AvgIpc) is 3.14. The Labute approximate surface area is 151 Å². The zero-order valence-electron chi connectivity index (χ0n) is 14.0. The Bertz CT molecular complexity index is 952. The molecule has 1 heterocycles. The molecule has 3 aromatic carbocycles. The summed E-state index contributed by atoms with van der Waals surface area (Å²) in [4.78, 5) is 12.7. The Morgan fingerprint density at radius 3 is 1.96 bits per heavy atom. The summed E-state index contributed by atoms with van der Waals surface area (Å²) in [5.41, 5.74) is 5.31. The molecule has 0 fully saturated rings. The number of hydrogen-bond acceptors (Lipinski definition) is 4. The van der Waals surface area contributed by atoms with E-state index in [1.807, 2.05) is 36.4 Å². The molecule has 5 heteroatoms. The third-order valence-electron chi connectivity index (χ3n) is 4.40. The van der Waals surface area contributed by atoms with Crippen LogP contribution >= 0.6 is 0 Å². The predicted molar refractivity (Wildman–Crippen MR) is 103 cm³/mol. The molecule has 0 unspecified atom stereocenters. The van der Waals surface area contributed by atoms with Crippen LogP contribution in [0.1, 0.15) is 11.1 Å². The van der Waals surface area contributed by atoms with Crippen molar-refractivity contribution in [2.75, 3.05) is 11.6 Å². The van der Waals surface area contributed by atoms with Gasteiger partial charge in [0.05, 0.1) is 23.0 Å². The third kappa shape index (κ3) is 2.91. The Kier molecular flexibility index (Phi) is 4.11. The first-order valence-electron chi connectivity index (χ1n) is 8.35. The minimum atomic E-state index is -0.380. The zero-order chi connectivity index (χ0) is 17.9. The Balaban J connectivity index is 1.82. The van der Waals surface area contributed by atoms with Gasteiger partial charge in [-0.25, -0.2) is 0 Å². The Morgan fingerprint density at radius 2 is 1.38 bits per heavy atom. The number of anilines is 1. The molecule has 3 aromatic rings. The van der Waals surface area contributed by atoms with E-state index in [1.165, 1.54) is 0 Å². The standard InChI is InChI=1S/C21H17N3O2/c25-24(26)19-13-11-18(12-14-19)23-15-22-20(16-7-3-1-4-8-16)21(23)17-9-5-2-6-10-17/h1-14,22H,15H2. The molecular formula is C21H17N3O2. The van der Waals surface area contributed by atoms with Crippen LogP contribution < -0.4 is 10.2 Å². The fraction of sp³-hybridized carbons (Fsp3) is 0.0476. The molecule has 0 aromatic heterocycles. The molecule has 0 spiro atoms. The van der Waals surface area contributed by atoms with Gasteiger partial charge in [0.25, 0.3) is 5.69 Å². The molecule has 128 valence electrons. The van der Waals surface area contributed by atoms with Crippen LogP contribution in [0.2, 0.25) is 0 Å². The molecule has 1 N–H and O–H groups in total. The van der Waals surface area contributed by atoms with Crippen LogP contribution in [0.4, 0.5) is 11.4 Å². The molecular weight excluding hydrogens is 326 g/mol. The normalized spacial score (nSPS) is 13.6. The van der Waals surface area contributed by atoms with Gasteiger partial charge in [-0.15, -0.1) is 0 Å². The Morgan fingerprint density at radius 1 is 0.808 bits per heavy atom. The summed E-state index contributed by atoms with van der Waals surface area (Å²) in [6.07, 6.45) is 0. The van der Waals surface area contributed by atoms with Gasteiger partial charge in [-0.1, -0.05) is 60.7 Å². The fourth-order valence-electron chi connectivity index (χ4n) is 3.17. The molecule has 0 bridgehead atoms. The van der Waals surface area contributed by atoms with E-state index in [0.29, 0.717) is 6.67 Å². The molecule has 0 saturated carbocycles. The van der Waals surface area contributed by atoms with Crippen LogP contribution in [0.3, 0.4) is 0 Å². The predicted octanol–water partition coefficient (Wildman–Crippen LogP) is 4.49. The maximum absolute atomic E-state index is 10.9. The van der Waals surface area contributed by atoms with Crippen LogP contribution in [0.25, 0.3) is 11.4 Å². The van der Waals surface area contributed by atoms with Crippen molar-refractivity contribution in [2.24, 2.45) is 0 Å². The van der Waals surface area contributed by atoms with Gasteiger partial charge in [0.2, 0.25) is 0 Å². The summed E-state index contributed by atoms with van der Waals surface area (Å²) in [6.45, 7) is 0.603. The molecule has 5 nitrogen and oxygen atoms in total. The first-order valence-corrected chi connectivity index (χ1v) is 8.35. The number of nitrogens with zero attached hydrogens (tertiary/aromatic N) is 2. The first-order chi connectivity index (χ1) is 12.7. The van der Waals surface area contributed by atoms with Gasteiger partial charge in [0.15, 0.2) is 0 Å². The molecule has 1 aliphatic rings. The van der Waals surface area contributed by atoms with Crippen molar-refractivity contribution >= 4 is 22.8 Å². The van der Waals surface area contributed by atoms with E-state index in [-0.39, 0.29) is 10.6 Å². The molecule has 0 atom stereocenters. The SMILES string of the molecule is O=[N+]([O-])c1ccc(N2CNC(c3ccccc3)=C2c2ccccc2)cc1. The maximum Gasteiger partial charge on any atom is 0.269 e. The van der Waals surface area contributed by atoms with Crippen LogP contribution in [0.15, 0.2) is 84.9 Å². The fourth-order valence-corrected chi connectivity index (χ4v) is 3.17. The van der Waals surface area contributed by atoms with Crippen molar-refractivity contribution in [1.82, 2.24) is 5.32 Å². The molecule has 0 aliphatic carbocycles. The van der Waals surface area contributed by atoms with Gasteiger partial charge < -0.3 is 10.2 Å². The quantitative estimate of drug-likeness (QED) is 0.560. The smallest absolute Gasteiger partial charge is 0.269 e. The van der Waals surface area contributed by atoms with E-state index in [0.717, 1.165) is 28.2 Å². The molecule has 0 radical (unpaired) electrons. The van der Waals surface area contributed by atoms with E-state index in [1.54, 1.807) is 24.3 Å². The lowest BCUT2D eigenvalue weighted by Crippen LogP contribution is -2.22. The van der Waals surface area contributed by atoms with Gasteiger partial charge in [0.1, 0.15) is 0 Å². The van der Waals surface area contributed by atoms with Crippen molar-refractivity contribution in [3.8, 4) is 0 Å². The topological polar surface area (TPSA) is 58.4 Å². The maximum atomic E-state index is 10.9. The van der Waals surface area contributed by atoms with E-state index in [9.17, 15) is 10.1 Å². The number of nitro benzene ring substituents is 1.